The monoisotopic (exact) mass is 566 g/mol. The van der Waals surface area contributed by atoms with Gasteiger partial charge in [-0.2, -0.15) is 5.10 Å². The molecule has 0 radical (unpaired) electrons. The number of rotatable bonds is 10. The summed E-state index contributed by atoms with van der Waals surface area (Å²) < 4.78 is 12.2. The van der Waals surface area contributed by atoms with Gasteiger partial charge in [0.2, 0.25) is 0 Å². The minimum Gasteiger partial charge on any atom is -0.490 e. The van der Waals surface area contributed by atoms with Gasteiger partial charge < -0.3 is 20.1 Å². The number of carbonyl (C=O) groups is 3. The lowest BCUT2D eigenvalue weighted by atomic mass is 10.1. The largest absolute Gasteiger partial charge is 0.490 e. The normalized spacial score (nSPS) is 10.6. The molecule has 0 aromatic heterocycles. The second-order valence-corrected chi connectivity index (χ2v) is 8.77. The van der Waals surface area contributed by atoms with E-state index in [1.165, 1.54) is 6.21 Å². The van der Waals surface area contributed by atoms with Crippen LogP contribution < -0.4 is 25.5 Å². The van der Waals surface area contributed by atoms with E-state index >= 15 is 0 Å². The predicted octanol–water partition coefficient (Wildman–Crippen LogP) is 3.94. The number of hydrazone groups is 1. The molecule has 37 heavy (non-hydrogen) atoms. The first-order valence-electron chi connectivity index (χ1n) is 11.5. The zero-order valence-corrected chi connectivity index (χ0v) is 22.0. The van der Waals surface area contributed by atoms with Gasteiger partial charge in [0.25, 0.3) is 5.91 Å². The van der Waals surface area contributed by atoms with Gasteiger partial charge in [0.1, 0.15) is 0 Å². The van der Waals surface area contributed by atoms with Crippen LogP contribution in [0.5, 0.6) is 11.5 Å². The summed E-state index contributed by atoms with van der Waals surface area (Å²) in [7, 11) is 0. The van der Waals surface area contributed by atoms with Gasteiger partial charge in [-0.15, -0.1) is 0 Å². The van der Waals surface area contributed by atoms with Crippen molar-refractivity contribution in [2.75, 3.05) is 18.5 Å². The summed E-state index contributed by atoms with van der Waals surface area (Å²) in [5.41, 5.74) is 5.43. The molecule has 0 saturated carbocycles. The zero-order chi connectivity index (χ0) is 26.6. The molecule has 0 aliphatic carbocycles. The van der Waals surface area contributed by atoms with E-state index < -0.39 is 11.8 Å². The smallest absolute Gasteiger partial charge is 0.329 e. The number of anilines is 1. The molecule has 3 rings (SSSR count). The van der Waals surface area contributed by atoms with Gasteiger partial charge in [-0.25, -0.2) is 5.43 Å². The SMILES string of the molecule is CCOc1cc(/C=N\NC(=O)C(=O)NCc2ccc(C)cc2)ccc1OCC(=O)Nc1ccc(Br)cc1. The molecule has 0 bridgehead atoms. The Balaban J connectivity index is 1.51. The van der Waals surface area contributed by atoms with Crippen LogP contribution in [0, 0.1) is 6.92 Å². The van der Waals surface area contributed by atoms with Gasteiger partial charge in [0.15, 0.2) is 18.1 Å². The average molecular weight is 567 g/mol. The number of hydrogen-bond donors (Lipinski definition) is 3. The van der Waals surface area contributed by atoms with Crippen LogP contribution in [0.2, 0.25) is 0 Å². The van der Waals surface area contributed by atoms with E-state index in [1.54, 1.807) is 30.3 Å². The van der Waals surface area contributed by atoms with Crippen LogP contribution in [0.3, 0.4) is 0 Å². The van der Waals surface area contributed by atoms with E-state index in [9.17, 15) is 14.4 Å². The van der Waals surface area contributed by atoms with Crippen molar-refractivity contribution in [3.8, 4) is 11.5 Å². The van der Waals surface area contributed by atoms with E-state index in [0.29, 0.717) is 29.4 Å². The molecule has 10 heteroatoms. The number of halogens is 1. The summed E-state index contributed by atoms with van der Waals surface area (Å²) in [6, 6.07) is 19.8. The number of hydrogen-bond acceptors (Lipinski definition) is 6. The Labute approximate surface area is 223 Å². The van der Waals surface area contributed by atoms with Crippen LogP contribution >= 0.6 is 15.9 Å². The molecule has 0 atom stereocenters. The van der Waals surface area contributed by atoms with Gasteiger partial charge >= 0.3 is 11.8 Å². The van der Waals surface area contributed by atoms with Gasteiger partial charge in [0, 0.05) is 16.7 Å². The summed E-state index contributed by atoms with van der Waals surface area (Å²) in [6.45, 7) is 4.19. The Kier molecular flexibility index (Phi) is 10.2. The minimum absolute atomic E-state index is 0.211. The lowest BCUT2D eigenvalue weighted by Gasteiger charge is -2.12. The highest BCUT2D eigenvalue weighted by atomic mass is 79.9. The van der Waals surface area contributed by atoms with E-state index in [4.69, 9.17) is 9.47 Å². The quantitative estimate of drug-likeness (QED) is 0.195. The third-order valence-electron chi connectivity index (χ3n) is 4.91. The third kappa shape index (κ3) is 9.08. The molecule has 0 spiro atoms. The van der Waals surface area contributed by atoms with Crippen LogP contribution in [-0.2, 0) is 20.9 Å². The number of ether oxygens (including phenoxy) is 2. The van der Waals surface area contributed by atoms with Crippen molar-refractivity contribution in [3.05, 3.63) is 87.9 Å². The number of nitrogens with zero attached hydrogens (tertiary/aromatic N) is 1. The van der Waals surface area contributed by atoms with E-state index in [1.807, 2.05) is 50.2 Å². The topological polar surface area (TPSA) is 118 Å². The summed E-state index contributed by atoms with van der Waals surface area (Å²) >= 11 is 3.35. The van der Waals surface area contributed by atoms with E-state index in [0.717, 1.165) is 15.6 Å². The van der Waals surface area contributed by atoms with Gasteiger partial charge in [-0.3, -0.25) is 14.4 Å². The van der Waals surface area contributed by atoms with E-state index in [2.05, 4.69) is 37.1 Å². The first-order chi connectivity index (χ1) is 17.8. The molecular formula is C27H27BrN4O5. The molecule has 192 valence electrons. The Morgan fingerprint density at radius 1 is 0.919 bits per heavy atom. The molecule has 3 aromatic rings. The Morgan fingerprint density at radius 3 is 2.35 bits per heavy atom. The standard InChI is InChI=1S/C27H27BrN4O5/c1-3-36-24-14-20(8-13-23(24)37-17-25(33)31-22-11-9-21(28)10-12-22)16-30-32-27(35)26(34)29-15-19-6-4-18(2)5-7-19/h4-14,16H,3,15,17H2,1-2H3,(H,29,34)(H,31,33)(H,32,35)/b30-16-. The number of amides is 3. The molecule has 0 fully saturated rings. The van der Waals surface area contributed by atoms with Crippen molar-refractivity contribution in [3.63, 3.8) is 0 Å². The Hall–Kier alpha value is -4.18. The van der Waals surface area contributed by atoms with Crippen LogP contribution in [0.15, 0.2) is 76.3 Å². The average Bonchev–Trinajstić information content (AvgIpc) is 2.89. The summed E-state index contributed by atoms with van der Waals surface area (Å²) in [5.74, 6) is -1.21. The Bertz CT molecular complexity index is 1260. The van der Waals surface area contributed by atoms with Crippen molar-refractivity contribution in [2.24, 2.45) is 5.10 Å². The van der Waals surface area contributed by atoms with Crippen molar-refractivity contribution in [1.82, 2.24) is 10.7 Å². The highest BCUT2D eigenvalue weighted by Gasteiger charge is 2.12. The molecule has 0 aliphatic rings. The second-order valence-electron chi connectivity index (χ2n) is 7.85. The molecule has 0 heterocycles. The first kappa shape index (κ1) is 27.4. The molecule has 3 N–H and O–H groups in total. The van der Waals surface area contributed by atoms with Crippen molar-refractivity contribution in [2.45, 2.75) is 20.4 Å². The van der Waals surface area contributed by atoms with Crippen LogP contribution in [0.1, 0.15) is 23.6 Å². The molecule has 9 nitrogen and oxygen atoms in total. The van der Waals surface area contributed by atoms with Crippen LogP contribution in [-0.4, -0.2) is 37.1 Å². The Morgan fingerprint density at radius 2 is 1.65 bits per heavy atom. The highest BCUT2D eigenvalue weighted by molar-refractivity contribution is 9.10. The molecule has 0 aliphatic heterocycles. The predicted molar refractivity (Wildman–Crippen MR) is 145 cm³/mol. The van der Waals surface area contributed by atoms with Gasteiger partial charge in [-0.1, -0.05) is 45.8 Å². The second kappa shape index (κ2) is 13.8. The zero-order valence-electron chi connectivity index (χ0n) is 20.4. The fourth-order valence-electron chi connectivity index (χ4n) is 3.05. The third-order valence-corrected chi connectivity index (χ3v) is 5.44. The lowest BCUT2D eigenvalue weighted by molar-refractivity contribution is -0.139. The maximum absolute atomic E-state index is 12.2. The maximum Gasteiger partial charge on any atom is 0.329 e. The number of benzene rings is 3. The number of nitrogens with one attached hydrogen (secondary N) is 3. The van der Waals surface area contributed by atoms with Crippen molar-refractivity contribution >= 4 is 45.6 Å². The first-order valence-corrected chi connectivity index (χ1v) is 12.2. The fraction of sp³-hybridized carbons (Fsp3) is 0.185. The van der Waals surface area contributed by atoms with Crippen molar-refractivity contribution in [1.29, 1.82) is 0 Å². The molecule has 0 unspecified atom stereocenters. The molecular weight excluding hydrogens is 540 g/mol. The van der Waals surface area contributed by atoms with Gasteiger partial charge in [0.05, 0.1) is 12.8 Å². The minimum atomic E-state index is -0.884. The van der Waals surface area contributed by atoms with Crippen molar-refractivity contribution < 1.29 is 23.9 Å². The number of aryl methyl sites for hydroxylation is 1. The highest BCUT2D eigenvalue weighted by Crippen LogP contribution is 2.28. The fourth-order valence-corrected chi connectivity index (χ4v) is 3.32. The summed E-state index contributed by atoms with van der Waals surface area (Å²) in [4.78, 5) is 36.2. The molecule has 0 saturated heterocycles. The van der Waals surface area contributed by atoms with Gasteiger partial charge in [-0.05, 0) is 67.4 Å². The molecule has 3 aromatic carbocycles. The lowest BCUT2D eigenvalue weighted by Crippen LogP contribution is -2.37. The van der Waals surface area contributed by atoms with E-state index in [-0.39, 0.29) is 19.1 Å². The maximum atomic E-state index is 12.2. The summed E-state index contributed by atoms with van der Waals surface area (Å²) in [6.07, 6.45) is 1.37. The van der Waals surface area contributed by atoms with Crippen LogP contribution in [0.4, 0.5) is 5.69 Å². The molecule has 3 amide bonds. The number of carbonyl (C=O) groups excluding carboxylic acids is 3. The summed E-state index contributed by atoms with van der Waals surface area (Å²) in [5, 5.41) is 9.13. The van der Waals surface area contributed by atoms with Crippen LogP contribution in [0.25, 0.3) is 0 Å².